The van der Waals surface area contributed by atoms with Gasteiger partial charge in [0.15, 0.2) is 0 Å². The fraction of sp³-hybridized carbons (Fsp3) is 0.0800. The number of hydrogen-bond donors (Lipinski definition) is 1. The van der Waals surface area contributed by atoms with Crippen molar-refractivity contribution in [2.45, 2.75) is 17.7 Å². The Hall–Kier alpha value is -3.51. The summed E-state index contributed by atoms with van der Waals surface area (Å²) >= 11 is 1.54. The summed E-state index contributed by atoms with van der Waals surface area (Å²) in [5.41, 5.74) is 4.67. The predicted molar refractivity (Wildman–Crippen MR) is 123 cm³/mol. The monoisotopic (exact) mass is 429 g/mol. The van der Waals surface area contributed by atoms with Gasteiger partial charge in [-0.3, -0.25) is 4.79 Å². The van der Waals surface area contributed by atoms with Gasteiger partial charge in [0.1, 0.15) is 10.8 Å². The van der Waals surface area contributed by atoms with Crippen LogP contribution in [0.3, 0.4) is 0 Å². The molecule has 0 aliphatic heterocycles. The number of hydrogen-bond acceptors (Lipinski definition) is 4. The van der Waals surface area contributed by atoms with Crippen molar-refractivity contribution in [3.8, 4) is 11.3 Å². The molecule has 0 aliphatic rings. The first-order valence-electron chi connectivity index (χ1n) is 9.77. The van der Waals surface area contributed by atoms with E-state index in [-0.39, 0.29) is 11.6 Å². The van der Waals surface area contributed by atoms with Gasteiger partial charge in [-0.2, -0.15) is 0 Å². The molecule has 4 aromatic rings. The van der Waals surface area contributed by atoms with Gasteiger partial charge in [0.25, 0.3) is 5.91 Å². The number of nitrogens with one attached hydrogen (secondary N) is 1. The molecule has 0 saturated carbocycles. The van der Waals surface area contributed by atoms with Crippen LogP contribution in [0.1, 0.15) is 21.5 Å². The maximum absolute atomic E-state index is 13.8. The number of para-hydroxylation sites is 1. The summed E-state index contributed by atoms with van der Waals surface area (Å²) < 4.78 is 13.8. The van der Waals surface area contributed by atoms with Crippen molar-refractivity contribution in [3.05, 3.63) is 107 Å². The Bertz CT molecular complexity index is 1190. The lowest BCUT2D eigenvalue weighted by Gasteiger charge is -2.08. The molecule has 1 heterocycles. The third-order valence-electron chi connectivity index (χ3n) is 4.69. The molecule has 0 radical (unpaired) electrons. The summed E-state index contributed by atoms with van der Waals surface area (Å²) in [5.74, 6) is -0.172. The van der Waals surface area contributed by atoms with Crippen LogP contribution in [0.15, 0.2) is 90.0 Å². The number of carbonyl (C=O) groups excluding carboxylic acids is 1. The van der Waals surface area contributed by atoms with Crippen LogP contribution >= 0.6 is 11.8 Å². The van der Waals surface area contributed by atoms with Crippen LogP contribution in [0.2, 0.25) is 0 Å². The highest BCUT2D eigenvalue weighted by Gasteiger charge is 2.10. The molecule has 0 fully saturated rings. The second-order valence-corrected chi connectivity index (χ2v) is 8.04. The molecule has 0 unspecified atom stereocenters. The summed E-state index contributed by atoms with van der Waals surface area (Å²) in [6.45, 7) is 2.05. The number of rotatable bonds is 6. The van der Waals surface area contributed by atoms with Crippen LogP contribution in [0, 0.1) is 12.7 Å². The van der Waals surface area contributed by atoms with Gasteiger partial charge in [0.05, 0.1) is 11.4 Å². The minimum absolute atomic E-state index is 0.163. The standard InChI is InChI=1S/C25H20FN3OS/c1-17-9-11-19(12-10-17)22-13-14-24(29-28-22)31-16-18-5-4-6-20(15-18)25(30)27-23-8-3-2-7-21(23)26/h2-15H,16H2,1H3,(H,27,30). The molecule has 0 spiro atoms. The zero-order chi connectivity index (χ0) is 21.6. The van der Waals surface area contributed by atoms with Crippen molar-refractivity contribution in [1.29, 1.82) is 0 Å². The van der Waals surface area contributed by atoms with E-state index >= 15 is 0 Å². The van der Waals surface area contributed by atoms with E-state index in [2.05, 4.69) is 27.6 Å². The van der Waals surface area contributed by atoms with Crippen molar-refractivity contribution in [2.24, 2.45) is 0 Å². The van der Waals surface area contributed by atoms with Gasteiger partial charge >= 0.3 is 0 Å². The highest BCUT2D eigenvalue weighted by atomic mass is 32.2. The smallest absolute Gasteiger partial charge is 0.255 e. The molecule has 4 rings (SSSR count). The number of amides is 1. The van der Waals surface area contributed by atoms with E-state index in [1.165, 1.54) is 17.7 Å². The summed E-state index contributed by atoms with van der Waals surface area (Å²) in [6, 6.07) is 25.4. The molecule has 6 heteroatoms. The quantitative estimate of drug-likeness (QED) is 0.374. The van der Waals surface area contributed by atoms with Crippen LogP contribution in [0.5, 0.6) is 0 Å². The maximum atomic E-state index is 13.8. The van der Waals surface area contributed by atoms with Crippen molar-refractivity contribution in [1.82, 2.24) is 10.2 Å². The zero-order valence-electron chi connectivity index (χ0n) is 16.9. The summed E-state index contributed by atoms with van der Waals surface area (Å²) in [4.78, 5) is 12.5. The highest BCUT2D eigenvalue weighted by Crippen LogP contribution is 2.24. The van der Waals surface area contributed by atoms with Crippen LogP contribution < -0.4 is 5.32 Å². The molecule has 0 aliphatic carbocycles. The molecule has 1 aromatic heterocycles. The molecule has 3 aromatic carbocycles. The van der Waals surface area contributed by atoms with Crippen LogP contribution in [0.4, 0.5) is 10.1 Å². The normalized spacial score (nSPS) is 10.6. The van der Waals surface area contributed by atoms with Gasteiger partial charge in [-0.05, 0) is 48.9 Å². The maximum Gasteiger partial charge on any atom is 0.255 e. The van der Waals surface area contributed by atoms with E-state index < -0.39 is 5.82 Å². The Balaban J connectivity index is 1.39. The lowest BCUT2D eigenvalue weighted by Crippen LogP contribution is -2.13. The SMILES string of the molecule is Cc1ccc(-c2ccc(SCc3cccc(C(=O)Nc4ccccc4F)c3)nn2)cc1. The van der Waals surface area contributed by atoms with Crippen LogP contribution in [-0.2, 0) is 5.75 Å². The number of aromatic nitrogens is 2. The average Bonchev–Trinajstić information content (AvgIpc) is 2.80. The number of thioether (sulfide) groups is 1. The van der Waals surface area contributed by atoms with Crippen molar-refractivity contribution >= 4 is 23.4 Å². The average molecular weight is 430 g/mol. The molecule has 154 valence electrons. The van der Waals surface area contributed by atoms with Gasteiger partial charge in [-0.1, -0.05) is 65.9 Å². The lowest BCUT2D eigenvalue weighted by atomic mass is 10.1. The largest absolute Gasteiger partial charge is 0.319 e. The van der Waals surface area contributed by atoms with Crippen LogP contribution in [-0.4, -0.2) is 16.1 Å². The van der Waals surface area contributed by atoms with E-state index in [0.29, 0.717) is 11.3 Å². The van der Waals surface area contributed by atoms with E-state index in [1.54, 1.807) is 36.0 Å². The lowest BCUT2D eigenvalue weighted by molar-refractivity contribution is 0.102. The third-order valence-corrected chi connectivity index (χ3v) is 5.68. The second kappa shape index (κ2) is 9.53. The van der Waals surface area contributed by atoms with Crippen molar-refractivity contribution in [3.63, 3.8) is 0 Å². The van der Waals surface area contributed by atoms with E-state index in [0.717, 1.165) is 21.8 Å². The molecule has 4 nitrogen and oxygen atoms in total. The van der Waals surface area contributed by atoms with Crippen LogP contribution in [0.25, 0.3) is 11.3 Å². The third kappa shape index (κ3) is 5.35. The first-order valence-corrected chi connectivity index (χ1v) is 10.8. The zero-order valence-corrected chi connectivity index (χ0v) is 17.7. The Kier molecular flexibility index (Phi) is 6.38. The van der Waals surface area contributed by atoms with E-state index in [1.807, 2.05) is 43.3 Å². The number of aryl methyl sites for hydroxylation is 1. The Morgan fingerprint density at radius 2 is 1.74 bits per heavy atom. The first kappa shape index (κ1) is 20.8. The molecular weight excluding hydrogens is 409 g/mol. The minimum Gasteiger partial charge on any atom is -0.319 e. The number of benzene rings is 3. The topological polar surface area (TPSA) is 54.9 Å². The fourth-order valence-electron chi connectivity index (χ4n) is 2.99. The van der Waals surface area contributed by atoms with Gasteiger partial charge in [0, 0.05) is 16.9 Å². The van der Waals surface area contributed by atoms with Gasteiger partial charge in [-0.15, -0.1) is 10.2 Å². The Morgan fingerprint density at radius 1 is 0.935 bits per heavy atom. The molecule has 0 bridgehead atoms. The van der Waals surface area contributed by atoms with Gasteiger partial charge in [-0.25, -0.2) is 4.39 Å². The number of nitrogens with zero attached hydrogens (tertiary/aromatic N) is 2. The van der Waals surface area contributed by atoms with E-state index in [4.69, 9.17) is 0 Å². The first-order chi connectivity index (χ1) is 15.1. The molecule has 1 N–H and O–H groups in total. The fourth-order valence-corrected chi connectivity index (χ4v) is 3.75. The van der Waals surface area contributed by atoms with Gasteiger partial charge < -0.3 is 5.32 Å². The predicted octanol–water partition coefficient (Wildman–Crippen LogP) is 6.14. The molecule has 0 atom stereocenters. The summed E-state index contributed by atoms with van der Waals surface area (Å²) in [7, 11) is 0. The molecule has 0 saturated heterocycles. The Morgan fingerprint density at radius 3 is 2.48 bits per heavy atom. The number of carbonyl (C=O) groups is 1. The molecule has 1 amide bonds. The minimum atomic E-state index is -0.463. The Labute approximate surface area is 184 Å². The number of halogens is 1. The summed E-state index contributed by atoms with van der Waals surface area (Å²) in [6.07, 6.45) is 0. The van der Waals surface area contributed by atoms with Gasteiger partial charge in [0.2, 0.25) is 0 Å². The van der Waals surface area contributed by atoms with Crippen molar-refractivity contribution < 1.29 is 9.18 Å². The summed E-state index contributed by atoms with van der Waals surface area (Å²) in [5, 5.41) is 12.0. The van der Waals surface area contributed by atoms with Crippen molar-refractivity contribution in [2.75, 3.05) is 5.32 Å². The van der Waals surface area contributed by atoms with E-state index in [9.17, 15) is 9.18 Å². The molecule has 31 heavy (non-hydrogen) atoms. The number of anilines is 1. The molecular formula is C25H20FN3OS. The second-order valence-electron chi connectivity index (χ2n) is 7.05. The highest BCUT2D eigenvalue weighted by molar-refractivity contribution is 7.98.